The van der Waals surface area contributed by atoms with Crippen LogP contribution in [-0.2, 0) is 4.79 Å². The van der Waals surface area contributed by atoms with Crippen molar-refractivity contribution in [3.05, 3.63) is 0 Å². The molecular formula is C8H10F2O2. The summed E-state index contributed by atoms with van der Waals surface area (Å²) < 4.78 is 24.0. The van der Waals surface area contributed by atoms with Gasteiger partial charge in [-0.3, -0.25) is 4.79 Å². The van der Waals surface area contributed by atoms with Crippen LogP contribution < -0.4 is 0 Å². The Morgan fingerprint density at radius 2 is 2.08 bits per heavy atom. The SMILES string of the molecule is O=C(C(F)F)C1C(O)CC2CC21. The monoisotopic (exact) mass is 176 g/mol. The lowest BCUT2D eigenvalue weighted by Crippen LogP contribution is -2.30. The fourth-order valence-corrected chi connectivity index (χ4v) is 2.27. The summed E-state index contributed by atoms with van der Waals surface area (Å²) in [6, 6.07) is 0. The predicted octanol–water partition coefficient (Wildman–Crippen LogP) is 0.838. The molecule has 0 radical (unpaired) electrons. The second-order valence-electron chi connectivity index (χ2n) is 3.69. The van der Waals surface area contributed by atoms with Crippen molar-refractivity contribution in [3.8, 4) is 0 Å². The molecule has 4 unspecified atom stereocenters. The van der Waals surface area contributed by atoms with Gasteiger partial charge in [-0.05, 0) is 24.7 Å². The number of fused-ring (bicyclic) bond motifs is 1. The third-order valence-electron chi connectivity index (χ3n) is 2.94. The average Bonchev–Trinajstić information content (AvgIpc) is 2.62. The van der Waals surface area contributed by atoms with Crippen LogP contribution in [0.15, 0.2) is 0 Å². The highest BCUT2D eigenvalue weighted by Gasteiger charge is 2.56. The van der Waals surface area contributed by atoms with Crippen molar-refractivity contribution in [1.82, 2.24) is 0 Å². The fraction of sp³-hybridized carbons (Fsp3) is 0.875. The molecular weight excluding hydrogens is 166 g/mol. The number of carbonyl (C=O) groups is 1. The van der Waals surface area contributed by atoms with E-state index in [1.807, 2.05) is 0 Å². The van der Waals surface area contributed by atoms with Crippen molar-refractivity contribution in [2.45, 2.75) is 25.4 Å². The zero-order chi connectivity index (χ0) is 8.88. The summed E-state index contributed by atoms with van der Waals surface area (Å²) in [6.07, 6.45) is -2.34. The Hall–Kier alpha value is -0.510. The highest BCUT2D eigenvalue weighted by Crippen LogP contribution is 2.55. The minimum atomic E-state index is -2.91. The van der Waals surface area contributed by atoms with Crippen LogP contribution in [0.5, 0.6) is 0 Å². The molecule has 0 aliphatic heterocycles. The van der Waals surface area contributed by atoms with Crippen LogP contribution in [0.3, 0.4) is 0 Å². The zero-order valence-electron chi connectivity index (χ0n) is 6.41. The largest absolute Gasteiger partial charge is 0.392 e. The van der Waals surface area contributed by atoms with Crippen molar-refractivity contribution < 1.29 is 18.7 Å². The molecule has 2 rings (SSSR count). The van der Waals surface area contributed by atoms with Crippen molar-refractivity contribution >= 4 is 5.78 Å². The van der Waals surface area contributed by atoms with Gasteiger partial charge in [-0.2, -0.15) is 0 Å². The second-order valence-corrected chi connectivity index (χ2v) is 3.69. The number of aliphatic hydroxyl groups excluding tert-OH is 1. The minimum absolute atomic E-state index is 0.0569. The van der Waals surface area contributed by atoms with Crippen LogP contribution in [0.2, 0.25) is 0 Å². The quantitative estimate of drug-likeness (QED) is 0.676. The smallest absolute Gasteiger partial charge is 0.296 e. The molecule has 0 aromatic carbocycles. The normalized spacial score (nSPS) is 44.7. The molecule has 1 N–H and O–H groups in total. The molecule has 0 spiro atoms. The molecule has 12 heavy (non-hydrogen) atoms. The molecule has 4 atom stereocenters. The lowest BCUT2D eigenvalue weighted by molar-refractivity contribution is -0.137. The lowest BCUT2D eigenvalue weighted by Gasteiger charge is -2.15. The Morgan fingerprint density at radius 3 is 2.50 bits per heavy atom. The third-order valence-corrected chi connectivity index (χ3v) is 2.94. The second kappa shape index (κ2) is 2.49. The number of hydrogen-bond acceptors (Lipinski definition) is 2. The van der Waals surface area contributed by atoms with E-state index in [0.29, 0.717) is 12.3 Å². The van der Waals surface area contributed by atoms with Gasteiger partial charge in [0.2, 0.25) is 5.78 Å². The Labute approximate surface area is 68.6 Å². The molecule has 4 heteroatoms. The van der Waals surface area contributed by atoms with Crippen molar-refractivity contribution in [1.29, 1.82) is 0 Å². The standard InChI is InChI=1S/C8H10F2O2/c9-8(10)7(12)6-4-1-3(4)2-5(6)11/h3-6,8,11H,1-2H2. The first kappa shape index (κ1) is 8.10. The first-order valence-electron chi connectivity index (χ1n) is 4.11. The predicted molar refractivity (Wildman–Crippen MR) is 36.7 cm³/mol. The van der Waals surface area contributed by atoms with Crippen molar-refractivity contribution in [2.75, 3.05) is 0 Å². The maximum atomic E-state index is 12.0. The molecule has 0 saturated heterocycles. The maximum absolute atomic E-state index is 12.0. The number of alkyl halides is 2. The summed E-state index contributed by atoms with van der Waals surface area (Å²) in [5.74, 6) is -1.43. The van der Waals surface area contributed by atoms with Gasteiger partial charge in [0.25, 0.3) is 6.43 Å². The first-order valence-corrected chi connectivity index (χ1v) is 4.11. The van der Waals surface area contributed by atoms with E-state index in [4.69, 9.17) is 0 Å². The topological polar surface area (TPSA) is 37.3 Å². The highest BCUT2D eigenvalue weighted by atomic mass is 19.3. The van der Waals surface area contributed by atoms with E-state index >= 15 is 0 Å². The molecule has 0 amide bonds. The van der Waals surface area contributed by atoms with Crippen molar-refractivity contribution in [2.24, 2.45) is 17.8 Å². The van der Waals surface area contributed by atoms with Gasteiger partial charge in [0, 0.05) is 0 Å². The van der Waals surface area contributed by atoms with Crippen LogP contribution in [-0.4, -0.2) is 23.4 Å². The van der Waals surface area contributed by atoms with E-state index in [0.717, 1.165) is 6.42 Å². The molecule has 0 bridgehead atoms. The van der Waals surface area contributed by atoms with Gasteiger partial charge in [0.05, 0.1) is 12.0 Å². The highest BCUT2D eigenvalue weighted by molar-refractivity contribution is 5.85. The molecule has 2 nitrogen and oxygen atoms in total. The fourth-order valence-electron chi connectivity index (χ4n) is 2.27. The maximum Gasteiger partial charge on any atom is 0.296 e. The molecule has 2 fully saturated rings. The summed E-state index contributed by atoms with van der Waals surface area (Å²) in [4.78, 5) is 10.9. The molecule has 0 aromatic rings. The number of aliphatic hydroxyl groups is 1. The van der Waals surface area contributed by atoms with E-state index in [1.54, 1.807) is 0 Å². The molecule has 0 aromatic heterocycles. The number of halogens is 2. The number of ketones is 1. The number of Topliss-reactive ketones (excluding diaryl/α,β-unsaturated/α-hetero) is 1. The average molecular weight is 176 g/mol. The molecule has 0 heterocycles. The summed E-state index contributed by atoms with van der Waals surface area (Å²) >= 11 is 0. The van der Waals surface area contributed by atoms with E-state index in [9.17, 15) is 18.7 Å². The van der Waals surface area contributed by atoms with Gasteiger partial charge in [0.1, 0.15) is 0 Å². The van der Waals surface area contributed by atoms with Gasteiger partial charge < -0.3 is 5.11 Å². The Morgan fingerprint density at radius 1 is 1.42 bits per heavy atom. The first-order chi connectivity index (χ1) is 5.61. The van der Waals surface area contributed by atoms with E-state index in [1.165, 1.54) is 0 Å². The van der Waals surface area contributed by atoms with E-state index in [-0.39, 0.29) is 5.92 Å². The summed E-state index contributed by atoms with van der Waals surface area (Å²) in [6.45, 7) is 0. The van der Waals surface area contributed by atoms with E-state index < -0.39 is 24.2 Å². The Kier molecular flexibility index (Phi) is 1.68. The van der Waals surface area contributed by atoms with E-state index in [2.05, 4.69) is 0 Å². The Bertz CT molecular complexity index is 215. The molecule has 2 saturated carbocycles. The lowest BCUT2D eigenvalue weighted by atomic mass is 9.96. The zero-order valence-corrected chi connectivity index (χ0v) is 6.41. The van der Waals surface area contributed by atoms with Gasteiger partial charge >= 0.3 is 0 Å². The van der Waals surface area contributed by atoms with Crippen molar-refractivity contribution in [3.63, 3.8) is 0 Å². The Balaban J connectivity index is 2.07. The minimum Gasteiger partial charge on any atom is -0.392 e. The number of carbonyl (C=O) groups excluding carboxylic acids is 1. The van der Waals surface area contributed by atoms with Crippen LogP contribution in [0.1, 0.15) is 12.8 Å². The summed E-state index contributed by atoms with van der Waals surface area (Å²) in [7, 11) is 0. The third kappa shape index (κ3) is 1.05. The molecule has 2 aliphatic carbocycles. The summed E-state index contributed by atoms with van der Waals surface area (Å²) in [5.41, 5.74) is 0. The van der Waals surface area contributed by atoms with Crippen LogP contribution in [0.25, 0.3) is 0 Å². The number of rotatable bonds is 2. The van der Waals surface area contributed by atoms with Gasteiger partial charge in [-0.1, -0.05) is 0 Å². The van der Waals surface area contributed by atoms with Crippen LogP contribution >= 0.6 is 0 Å². The molecule has 68 valence electrons. The van der Waals surface area contributed by atoms with Gasteiger partial charge in [0.15, 0.2) is 0 Å². The van der Waals surface area contributed by atoms with Crippen LogP contribution in [0, 0.1) is 17.8 Å². The van der Waals surface area contributed by atoms with Crippen LogP contribution in [0.4, 0.5) is 8.78 Å². The van der Waals surface area contributed by atoms with Gasteiger partial charge in [-0.15, -0.1) is 0 Å². The number of hydrogen-bond donors (Lipinski definition) is 1. The molecule has 2 aliphatic rings. The summed E-state index contributed by atoms with van der Waals surface area (Å²) in [5, 5.41) is 9.25. The van der Waals surface area contributed by atoms with Gasteiger partial charge in [-0.25, -0.2) is 8.78 Å².